The molecule has 0 aliphatic rings. The molecule has 2 rings (SSSR count). The number of nitrogens with zero attached hydrogens (tertiary/aromatic N) is 4. The molecule has 19 heavy (non-hydrogen) atoms. The van der Waals surface area contributed by atoms with Crippen molar-refractivity contribution in [2.75, 3.05) is 19.5 Å². The third-order valence-corrected chi connectivity index (χ3v) is 3.16. The fraction of sp³-hybridized carbons (Fsp3) is 0.417. The summed E-state index contributed by atoms with van der Waals surface area (Å²) in [5.74, 6) is 0.623. The molecule has 1 unspecified atom stereocenters. The Hall–Kier alpha value is -1.66. The summed E-state index contributed by atoms with van der Waals surface area (Å²) in [5.41, 5.74) is 7.29. The average Bonchev–Trinajstić information content (AvgIpc) is 2.85. The second-order valence-electron chi connectivity index (χ2n) is 4.20. The molecular formula is C12H16ClN5O. The highest BCUT2D eigenvalue weighted by Crippen LogP contribution is 2.28. The predicted molar refractivity (Wildman–Crippen MR) is 73.9 cm³/mol. The van der Waals surface area contributed by atoms with Crippen LogP contribution in [0.15, 0.2) is 18.2 Å². The van der Waals surface area contributed by atoms with Gasteiger partial charge in [-0.25, -0.2) is 4.68 Å². The quantitative estimate of drug-likeness (QED) is 0.850. The molecule has 0 bridgehead atoms. The summed E-state index contributed by atoms with van der Waals surface area (Å²) in [6, 6.07) is 5.35. The van der Waals surface area contributed by atoms with Crippen molar-refractivity contribution in [3.05, 3.63) is 23.2 Å². The Morgan fingerprint density at radius 2 is 2.26 bits per heavy atom. The molecule has 0 saturated carbocycles. The van der Waals surface area contributed by atoms with Gasteiger partial charge in [0.1, 0.15) is 0 Å². The topological polar surface area (TPSA) is 78.8 Å². The van der Waals surface area contributed by atoms with E-state index in [1.54, 1.807) is 23.9 Å². The number of hydrogen-bond acceptors (Lipinski definition) is 5. The third-order valence-electron chi connectivity index (χ3n) is 2.92. The van der Waals surface area contributed by atoms with Crippen LogP contribution in [0.5, 0.6) is 0 Å². The first-order chi connectivity index (χ1) is 9.17. The maximum atomic E-state index is 5.97. The number of tetrazole rings is 1. The highest BCUT2D eigenvalue weighted by molar-refractivity contribution is 6.31. The molecule has 6 nitrogen and oxygen atoms in total. The Morgan fingerprint density at radius 3 is 2.89 bits per heavy atom. The van der Waals surface area contributed by atoms with Gasteiger partial charge in [-0.1, -0.05) is 18.5 Å². The zero-order chi connectivity index (χ0) is 13.8. The monoisotopic (exact) mass is 281 g/mol. The van der Waals surface area contributed by atoms with Gasteiger partial charge in [0.15, 0.2) is 5.82 Å². The van der Waals surface area contributed by atoms with Crippen molar-refractivity contribution < 1.29 is 4.74 Å². The van der Waals surface area contributed by atoms with Crippen LogP contribution in [0.4, 0.5) is 5.69 Å². The molecule has 7 heteroatoms. The molecule has 0 fully saturated rings. The normalized spacial score (nSPS) is 12.6. The SMILES string of the molecule is CCC(COC)n1nnnc1-c1ccc(Cl)cc1N. The lowest BCUT2D eigenvalue weighted by molar-refractivity contribution is 0.147. The highest BCUT2D eigenvalue weighted by atomic mass is 35.5. The van der Waals surface area contributed by atoms with Gasteiger partial charge in [0, 0.05) is 23.4 Å². The first-order valence-corrected chi connectivity index (χ1v) is 6.37. The average molecular weight is 282 g/mol. The van der Waals surface area contributed by atoms with Gasteiger partial charge in [-0.15, -0.1) is 5.10 Å². The van der Waals surface area contributed by atoms with E-state index in [0.717, 1.165) is 12.0 Å². The van der Waals surface area contributed by atoms with Crippen molar-refractivity contribution in [2.24, 2.45) is 0 Å². The fourth-order valence-electron chi connectivity index (χ4n) is 1.91. The van der Waals surface area contributed by atoms with Crippen LogP contribution >= 0.6 is 11.6 Å². The zero-order valence-corrected chi connectivity index (χ0v) is 11.6. The molecule has 0 aliphatic carbocycles. The van der Waals surface area contributed by atoms with E-state index in [4.69, 9.17) is 22.1 Å². The number of aromatic nitrogens is 4. The number of benzene rings is 1. The van der Waals surface area contributed by atoms with Gasteiger partial charge in [-0.3, -0.25) is 0 Å². The van der Waals surface area contributed by atoms with Gasteiger partial charge in [0.25, 0.3) is 0 Å². The molecule has 0 spiro atoms. The molecule has 1 aromatic heterocycles. The second-order valence-corrected chi connectivity index (χ2v) is 4.63. The maximum absolute atomic E-state index is 5.97. The summed E-state index contributed by atoms with van der Waals surface area (Å²) in [6.07, 6.45) is 0.860. The molecule has 1 aromatic carbocycles. The lowest BCUT2D eigenvalue weighted by atomic mass is 10.1. The lowest BCUT2D eigenvalue weighted by Gasteiger charge is -2.16. The molecule has 2 aromatic rings. The minimum absolute atomic E-state index is 0.0741. The molecule has 102 valence electrons. The number of methoxy groups -OCH3 is 1. The van der Waals surface area contributed by atoms with Crippen LogP contribution in [0.25, 0.3) is 11.4 Å². The minimum atomic E-state index is 0.0741. The summed E-state index contributed by atoms with van der Waals surface area (Å²) in [4.78, 5) is 0. The van der Waals surface area contributed by atoms with Gasteiger partial charge in [-0.05, 0) is 35.0 Å². The number of nitrogens with two attached hydrogens (primary N) is 1. The molecule has 0 saturated heterocycles. The number of nitrogen functional groups attached to an aromatic ring is 1. The van der Waals surface area contributed by atoms with Crippen LogP contribution in [0.2, 0.25) is 5.02 Å². The summed E-state index contributed by atoms with van der Waals surface area (Å²) >= 11 is 5.90. The van der Waals surface area contributed by atoms with E-state index >= 15 is 0 Å². The van der Waals surface area contributed by atoms with Crippen LogP contribution in [-0.4, -0.2) is 33.9 Å². The molecule has 0 radical (unpaired) electrons. The summed E-state index contributed by atoms with van der Waals surface area (Å²) in [7, 11) is 1.66. The standard InChI is InChI=1S/C12H16ClN5O/c1-3-9(7-19-2)18-12(15-16-17-18)10-5-4-8(13)6-11(10)14/h4-6,9H,3,7,14H2,1-2H3. The number of anilines is 1. The Balaban J connectivity index is 2.43. The van der Waals surface area contributed by atoms with Crippen molar-refractivity contribution in [1.82, 2.24) is 20.2 Å². The van der Waals surface area contributed by atoms with Gasteiger partial charge in [0.2, 0.25) is 0 Å². The lowest BCUT2D eigenvalue weighted by Crippen LogP contribution is -2.17. The van der Waals surface area contributed by atoms with Crippen molar-refractivity contribution in [3.8, 4) is 11.4 Å². The highest BCUT2D eigenvalue weighted by Gasteiger charge is 2.18. The minimum Gasteiger partial charge on any atom is -0.398 e. The van der Waals surface area contributed by atoms with Gasteiger partial charge >= 0.3 is 0 Å². The summed E-state index contributed by atoms with van der Waals surface area (Å²) < 4.78 is 6.93. The molecule has 2 N–H and O–H groups in total. The van der Waals surface area contributed by atoms with Crippen LogP contribution in [0, 0.1) is 0 Å². The molecule has 1 heterocycles. The Labute approximate surface area is 116 Å². The van der Waals surface area contributed by atoms with Crippen molar-refractivity contribution in [1.29, 1.82) is 0 Å². The Kier molecular flexibility index (Phi) is 4.34. The van der Waals surface area contributed by atoms with E-state index < -0.39 is 0 Å². The van der Waals surface area contributed by atoms with E-state index in [-0.39, 0.29) is 6.04 Å². The predicted octanol–water partition coefficient (Wildman–Crippen LogP) is 2.17. The van der Waals surface area contributed by atoms with Crippen molar-refractivity contribution in [2.45, 2.75) is 19.4 Å². The number of ether oxygens (including phenoxy) is 1. The van der Waals surface area contributed by atoms with Gasteiger partial charge in [-0.2, -0.15) is 0 Å². The first-order valence-electron chi connectivity index (χ1n) is 5.99. The molecule has 1 atom stereocenters. The fourth-order valence-corrected chi connectivity index (χ4v) is 2.09. The molecular weight excluding hydrogens is 266 g/mol. The summed E-state index contributed by atoms with van der Waals surface area (Å²) in [6.45, 7) is 2.60. The van der Waals surface area contributed by atoms with Crippen molar-refractivity contribution >= 4 is 17.3 Å². The first kappa shape index (κ1) is 13.8. The number of hydrogen-bond donors (Lipinski definition) is 1. The van der Waals surface area contributed by atoms with Gasteiger partial charge in [0.05, 0.1) is 12.6 Å². The zero-order valence-electron chi connectivity index (χ0n) is 10.9. The van der Waals surface area contributed by atoms with Crippen molar-refractivity contribution in [3.63, 3.8) is 0 Å². The number of rotatable bonds is 5. The van der Waals surface area contributed by atoms with Gasteiger partial charge < -0.3 is 10.5 Å². The smallest absolute Gasteiger partial charge is 0.184 e. The van der Waals surface area contributed by atoms with E-state index in [1.807, 2.05) is 6.07 Å². The van der Waals surface area contributed by atoms with Crippen LogP contribution in [0.1, 0.15) is 19.4 Å². The van der Waals surface area contributed by atoms with E-state index in [9.17, 15) is 0 Å². The second kappa shape index (κ2) is 5.99. The Bertz CT molecular complexity index is 557. The van der Waals surface area contributed by atoms with Crippen LogP contribution in [-0.2, 0) is 4.74 Å². The van der Waals surface area contributed by atoms with E-state index in [0.29, 0.717) is 23.1 Å². The maximum Gasteiger partial charge on any atom is 0.184 e. The van der Waals surface area contributed by atoms with Crippen LogP contribution < -0.4 is 5.73 Å². The largest absolute Gasteiger partial charge is 0.398 e. The molecule has 0 aliphatic heterocycles. The Morgan fingerprint density at radius 1 is 1.47 bits per heavy atom. The third kappa shape index (κ3) is 2.85. The van der Waals surface area contributed by atoms with Crippen LogP contribution in [0.3, 0.4) is 0 Å². The molecule has 0 amide bonds. The summed E-state index contributed by atoms with van der Waals surface area (Å²) in [5, 5.41) is 12.4. The van der Waals surface area contributed by atoms with E-state index in [2.05, 4.69) is 22.4 Å². The number of halogens is 1. The van der Waals surface area contributed by atoms with E-state index in [1.165, 1.54) is 0 Å².